The van der Waals surface area contributed by atoms with E-state index in [0.29, 0.717) is 22.7 Å². The van der Waals surface area contributed by atoms with E-state index >= 15 is 0 Å². The minimum absolute atomic E-state index is 0.0529. The van der Waals surface area contributed by atoms with Gasteiger partial charge in [0.1, 0.15) is 0 Å². The average molecular weight is 296 g/mol. The van der Waals surface area contributed by atoms with Crippen LogP contribution in [0.15, 0.2) is 12.1 Å². The third kappa shape index (κ3) is 3.36. The molecule has 20 heavy (non-hydrogen) atoms. The number of carboxylic acid groups (broad SMARTS) is 1. The Bertz CT molecular complexity index is 548. The number of hydrogen-bond donors (Lipinski definition) is 3. The molecule has 2 amide bonds. The topological polar surface area (TPSA) is 95.5 Å². The number of hydrogen-bond acceptors (Lipinski definition) is 4. The first-order valence-corrected chi connectivity index (χ1v) is 7.14. The van der Waals surface area contributed by atoms with Crippen LogP contribution >= 0.6 is 11.3 Å². The second-order valence-electron chi connectivity index (χ2n) is 5.00. The van der Waals surface area contributed by atoms with E-state index in [1.165, 1.54) is 18.3 Å². The number of anilines is 1. The van der Waals surface area contributed by atoms with Crippen molar-refractivity contribution in [2.75, 3.05) is 5.32 Å². The third-order valence-electron chi connectivity index (χ3n) is 3.31. The van der Waals surface area contributed by atoms with Gasteiger partial charge in [-0.05, 0) is 31.4 Å². The van der Waals surface area contributed by atoms with Crippen LogP contribution in [-0.2, 0) is 9.59 Å². The quantitative estimate of drug-likeness (QED) is 0.772. The predicted octanol–water partition coefficient (Wildman–Crippen LogP) is 1.83. The van der Waals surface area contributed by atoms with Crippen LogP contribution in [-0.4, -0.2) is 28.4 Å². The van der Waals surface area contributed by atoms with E-state index in [1.54, 1.807) is 12.1 Å². The third-order valence-corrected chi connectivity index (χ3v) is 4.31. The molecule has 1 heterocycles. The van der Waals surface area contributed by atoms with Crippen LogP contribution in [0.2, 0.25) is 0 Å². The van der Waals surface area contributed by atoms with E-state index in [4.69, 9.17) is 5.11 Å². The molecular weight excluding hydrogens is 280 g/mol. The molecule has 1 aromatic rings. The summed E-state index contributed by atoms with van der Waals surface area (Å²) in [6, 6.07) is 3.28. The fraction of sp³-hybridized carbons (Fsp3) is 0.462. The summed E-state index contributed by atoms with van der Waals surface area (Å²) in [5.41, 5.74) is -0.610. The van der Waals surface area contributed by atoms with Crippen molar-refractivity contribution >= 4 is 34.1 Å². The molecule has 1 aromatic heterocycles. The molecule has 6 nitrogen and oxygen atoms in total. The Morgan fingerprint density at radius 1 is 1.35 bits per heavy atom. The van der Waals surface area contributed by atoms with Gasteiger partial charge >= 0.3 is 5.97 Å². The van der Waals surface area contributed by atoms with E-state index in [1.807, 2.05) is 0 Å². The Labute approximate surface area is 120 Å². The standard InChI is InChI=1S/C13H16N2O4S/c1-8(16)14-10-4-3-9(20-10)12(19)15-13(5-2-6-13)7-11(17)18/h3-4H,2,5-7H2,1H3,(H,14,16)(H,15,19)(H,17,18). The molecule has 0 aromatic carbocycles. The van der Waals surface area contributed by atoms with Crippen LogP contribution < -0.4 is 10.6 Å². The molecule has 3 N–H and O–H groups in total. The maximum absolute atomic E-state index is 12.1. The number of carbonyl (C=O) groups is 3. The lowest BCUT2D eigenvalue weighted by Gasteiger charge is -2.41. The van der Waals surface area contributed by atoms with E-state index in [2.05, 4.69) is 10.6 Å². The van der Waals surface area contributed by atoms with E-state index in [0.717, 1.165) is 6.42 Å². The van der Waals surface area contributed by atoms with Gasteiger partial charge in [-0.25, -0.2) is 0 Å². The summed E-state index contributed by atoms with van der Waals surface area (Å²) < 4.78 is 0. The highest BCUT2D eigenvalue weighted by molar-refractivity contribution is 7.18. The molecule has 1 aliphatic carbocycles. The van der Waals surface area contributed by atoms with Crippen molar-refractivity contribution in [3.8, 4) is 0 Å². The van der Waals surface area contributed by atoms with E-state index < -0.39 is 11.5 Å². The normalized spacial score (nSPS) is 16.1. The molecule has 2 rings (SSSR count). The van der Waals surface area contributed by atoms with Gasteiger partial charge in [-0.2, -0.15) is 0 Å². The summed E-state index contributed by atoms with van der Waals surface area (Å²) in [4.78, 5) is 34.4. The fourth-order valence-electron chi connectivity index (χ4n) is 2.24. The Morgan fingerprint density at radius 2 is 2.05 bits per heavy atom. The van der Waals surface area contributed by atoms with Gasteiger partial charge in [0.15, 0.2) is 0 Å². The van der Waals surface area contributed by atoms with Gasteiger partial charge in [0, 0.05) is 6.92 Å². The number of nitrogens with one attached hydrogen (secondary N) is 2. The van der Waals surface area contributed by atoms with Gasteiger partial charge in [0.2, 0.25) is 5.91 Å². The number of aliphatic carboxylic acids is 1. The molecule has 0 unspecified atom stereocenters. The second-order valence-corrected chi connectivity index (χ2v) is 6.09. The van der Waals surface area contributed by atoms with Crippen LogP contribution in [0.5, 0.6) is 0 Å². The van der Waals surface area contributed by atoms with Crippen molar-refractivity contribution in [3.63, 3.8) is 0 Å². The lowest BCUT2D eigenvalue weighted by atomic mass is 9.74. The van der Waals surface area contributed by atoms with Gasteiger partial charge in [0.05, 0.1) is 21.8 Å². The molecule has 1 aliphatic rings. The molecule has 7 heteroatoms. The molecule has 0 bridgehead atoms. The summed E-state index contributed by atoms with van der Waals surface area (Å²) in [7, 11) is 0. The summed E-state index contributed by atoms with van der Waals surface area (Å²) >= 11 is 1.17. The molecule has 0 saturated heterocycles. The van der Waals surface area contributed by atoms with Crippen LogP contribution in [0.25, 0.3) is 0 Å². The summed E-state index contributed by atoms with van der Waals surface area (Å²) in [6.07, 6.45) is 2.25. The summed E-state index contributed by atoms with van der Waals surface area (Å²) in [6.45, 7) is 1.40. The lowest BCUT2D eigenvalue weighted by molar-refractivity contribution is -0.139. The Kier molecular flexibility index (Phi) is 4.08. The first kappa shape index (κ1) is 14.5. The largest absolute Gasteiger partial charge is 0.481 e. The Morgan fingerprint density at radius 3 is 2.55 bits per heavy atom. The monoisotopic (exact) mass is 296 g/mol. The maximum Gasteiger partial charge on any atom is 0.305 e. The van der Waals surface area contributed by atoms with Crippen LogP contribution in [0.1, 0.15) is 42.3 Å². The second kappa shape index (κ2) is 5.62. The summed E-state index contributed by atoms with van der Waals surface area (Å²) in [5, 5.41) is 14.9. The minimum Gasteiger partial charge on any atom is -0.481 e. The maximum atomic E-state index is 12.1. The van der Waals surface area contributed by atoms with Gasteiger partial charge in [-0.1, -0.05) is 0 Å². The molecule has 0 atom stereocenters. The number of amides is 2. The first-order chi connectivity index (χ1) is 9.40. The molecule has 1 saturated carbocycles. The fourth-order valence-corrected chi connectivity index (χ4v) is 3.09. The van der Waals surface area contributed by atoms with Gasteiger partial charge < -0.3 is 15.7 Å². The van der Waals surface area contributed by atoms with Crippen molar-refractivity contribution in [1.82, 2.24) is 5.32 Å². The van der Waals surface area contributed by atoms with Gasteiger partial charge in [0.25, 0.3) is 5.91 Å². The Hall–Kier alpha value is -1.89. The lowest BCUT2D eigenvalue weighted by Crippen LogP contribution is -2.54. The van der Waals surface area contributed by atoms with Gasteiger partial charge in [-0.3, -0.25) is 14.4 Å². The Balaban J connectivity index is 2.02. The summed E-state index contributed by atoms with van der Waals surface area (Å²) in [5.74, 6) is -1.39. The molecule has 1 fully saturated rings. The first-order valence-electron chi connectivity index (χ1n) is 6.32. The van der Waals surface area contributed by atoms with Crippen molar-refractivity contribution in [2.24, 2.45) is 0 Å². The van der Waals surface area contributed by atoms with Crippen molar-refractivity contribution in [3.05, 3.63) is 17.0 Å². The average Bonchev–Trinajstić information content (AvgIpc) is 2.72. The predicted molar refractivity (Wildman–Crippen MR) is 74.9 cm³/mol. The van der Waals surface area contributed by atoms with Crippen molar-refractivity contribution < 1.29 is 19.5 Å². The molecular formula is C13H16N2O4S. The smallest absolute Gasteiger partial charge is 0.305 e. The number of thiophene rings is 1. The van der Waals surface area contributed by atoms with Crippen molar-refractivity contribution in [1.29, 1.82) is 0 Å². The zero-order chi connectivity index (χ0) is 14.8. The number of carboxylic acids is 1. The van der Waals surface area contributed by atoms with Crippen LogP contribution in [0.4, 0.5) is 5.00 Å². The van der Waals surface area contributed by atoms with E-state index in [9.17, 15) is 14.4 Å². The molecule has 0 radical (unpaired) electrons. The zero-order valence-electron chi connectivity index (χ0n) is 11.1. The zero-order valence-corrected chi connectivity index (χ0v) is 11.9. The van der Waals surface area contributed by atoms with Crippen molar-refractivity contribution in [2.45, 2.75) is 38.1 Å². The highest BCUT2D eigenvalue weighted by atomic mass is 32.1. The van der Waals surface area contributed by atoms with E-state index in [-0.39, 0.29) is 18.2 Å². The highest BCUT2D eigenvalue weighted by Crippen LogP contribution is 2.35. The van der Waals surface area contributed by atoms with Crippen LogP contribution in [0, 0.1) is 0 Å². The van der Waals surface area contributed by atoms with Gasteiger partial charge in [-0.15, -0.1) is 11.3 Å². The highest BCUT2D eigenvalue weighted by Gasteiger charge is 2.40. The van der Waals surface area contributed by atoms with Crippen LogP contribution in [0.3, 0.4) is 0 Å². The SMILES string of the molecule is CC(=O)Nc1ccc(C(=O)NC2(CC(=O)O)CCC2)s1. The molecule has 0 spiro atoms. The number of carbonyl (C=O) groups excluding carboxylic acids is 2. The number of rotatable bonds is 5. The minimum atomic E-state index is -0.907. The molecule has 0 aliphatic heterocycles. The molecule has 108 valence electrons.